The topological polar surface area (TPSA) is 123 Å². The lowest BCUT2D eigenvalue weighted by Crippen LogP contribution is -2.16. The number of rotatable bonds is 6. The van der Waals surface area contributed by atoms with E-state index < -0.39 is 16.0 Å². The molecule has 23 heavy (non-hydrogen) atoms. The lowest BCUT2D eigenvalue weighted by Gasteiger charge is -2.15. The third-order valence-electron chi connectivity index (χ3n) is 3.45. The summed E-state index contributed by atoms with van der Waals surface area (Å²) in [7, 11) is -4.08. The van der Waals surface area contributed by atoms with Crippen LogP contribution in [-0.2, 0) is 16.4 Å². The van der Waals surface area contributed by atoms with Crippen LogP contribution < -0.4 is 10.9 Å². The molecule has 0 atom stereocenters. The van der Waals surface area contributed by atoms with E-state index in [1.807, 2.05) is 6.07 Å². The van der Waals surface area contributed by atoms with Gasteiger partial charge in [-0.15, -0.1) is 0 Å². The van der Waals surface area contributed by atoms with Gasteiger partial charge < -0.3 is 10.8 Å². The van der Waals surface area contributed by atoms with Gasteiger partial charge in [-0.1, -0.05) is 30.3 Å². The number of aryl methyl sites for hydroxylation is 1. The summed E-state index contributed by atoms with van der Waals surface area (Å²) >= 11 is 0. The molecule has 5 N–H and O–H groups in total. The molecule has 0 amide bonds. The molecule has 0 aliphatic carbocycles. The average molecular weight is 334 g/mol. The molecule has 0 aromatic heterocycles. The van der Waals surface area contributed by atoms with Crippen molar-refractivity contribution in [2.75, 3.05) is 6.54 Å². The second-order valence-corrected chi connectivity index (χ2v) is 6.65. The van der Waals surface area contributed by atoms with E-state index in [0.29, 0.717) is 36.1 Å². The van der Waals surface area contributed by atoms with Gasteiger partial charge in [0.2, 0.25) is 10.0 Å². The van der Waals surface area contributed by atoms with Gasteiger partial charge >= 0.3 is 5.97 Å². The second kappa shape index (κ2) is 6.91. The second-order valence-electron chi connectivity index (χ2n) is 5.12. The highest BCUT2D eigenvalue weighted by atomic mass is 32.2. The van der Waals surface area contributed by atoms with Gasteiger partial charge in [-0.3, -0.25) is 0 Å². The molecule has 7 heteroatoms. The van der Waals surface area contributed by atoms with Crippen molar-refractivity contribution in [3.05, 3.63) is 53.6 Å². The van der Waals surface area contributed by atoms with Gasteiger partial charge in [-0.25, -0.2) is 18.4 Å². The van der Waals surface area contributed by atoms with E-state index in [1.54, 1.807) is 24.3 Å². The minimum absolute atomic E-state index is 0.110. The smallest absolute Gasteiger partial charge is 0.335 e. The van der Waals surface area contributed by atoms with Crippen LogP contribution >= 0.6 is 0 Å². The van der Waals surface area contributed by atoms with Crippen molar-refractivity contribution in [3.8, 4) is 11.1 Å². The van der Waals surface area contributed by atoms with Crippen LogP contribution in [0.1, 0.15) is 22.3 Å². The number of hydrogen-bond acceptors (Lipinski definition) is 4. The molecule has 2 aromatic rings. The minimum Gasteiger partial charge on any atom is -0.478 e. The van der Waals surface area contributed by atoms with E-state index in [-0.39, 0.29) is 10.5 Å². The molecule has 122 valence electrons. The monoisotopic (exact) mass is 334 g/mol. The van der Waals surface area contributed by atoms with Crippen LogP contribution in [0.25, 0.3) is 11.1 Å². The zero-order valence-electron chi connectivity index (χ0n) is 12.4. The van der Waals surface area contributed by atoms with Crippen molar-refractivity contribution in [1.82, 2.24) is 0 Å². The zero-order valence-corrected chi connectivity index (χ0v) is 13.2. The molecule has 0 aliphatic heterocycles. The highest BCUT2D eigenvalue weighted by Gasteiger charge is 2.22. The number of benzene rings is 2. The number of carboxylic acid groups (broad SMARTS) is 1. The fourth-order valence-electron chi connectivity index (χ4n) is 2.44. The molecular formula is C16H18N2O4S. The Morgan fingerprint density at radius 1 is 1.13 bits per heavy atom. The SMILES string of the molecule is NCCCc1cc(C(=O)O)cc(S(N)(=O)=O)c1-c1ccccc1. The quantitative estimate of drug-likeness (QED) is 0.740. The highest BCUT2D eigenvalue weighted by molar-refractivity contribution is 7.89. The van der Waals surface area contributed by atoms with Crippen LogP contribution in [-0.4, -0.2) is 26.0 Å². The van der Waals surface area contributed by atoms with Gasteiger partial charge in [-0.2, -0.15) is 0 Å². The predicted octanol–water partition coefficient (Wildman–Crippen LogP) is 1.59. The first-order valence-corrected chi connectivity index (χ1v) is 8.57. The van der Waals surface area contributed by atoms with E-state index in [0.717, 1.165) is 6.07 Å². The number of carbonyl (C=O) groups is 1. The third kappa shape index (κ3) is 3.95. The maximum atomic E-state index is 12.0. The van der Waals surface area contributed by atoms with Crippen molar-refractivity contribution in [3.63, 3.8) is 0 Å². The van der Waals surface area contributed by atoms with Crippen LogP contribution in [0.4, 0.5) is 0 Å². The average Bonchev–Trinajstić information content (AvgIpc) is 2.51. The minimum atomic E-state index is -4.08. The Bertz CT molecular complexity index is 817. The molecule has 2 aromatic carbocycles. The first-order chi connectivity index (χ1) is 10.8. The van der Waals surface area contributed by atoms with E-state index in [2.05, 4.69) is 0 Å². The van der Waals surface area contributed by atoms with E-state index >= 15 is 0 Å². The number of hydrogen-bond donors (Lipinski definition) is 3. The Labute approximate surface area is 134 Å². The number of aromatic carboxylic acids is 1. The molecule has 0 radical (unpaired) electrons. The van der Waals surface area contributed by atoms with Gasteiger partial charge in [0.15, 0.2) is 0 Å². The summed E-state index contributed by atoms with van der Waals surface area (Å²) in [5.74, 6) is -1.21. The molecule has 0 bridgehead atoms. The molecule has 0 saturated carbocycles. The lowest BCUT2D eigenvalue weighted by atomic mass is 9.94. The fraction of sp³-hybridized carbons (Fsp3) is 0.188. The summed E-state index contributed by atoms with van der Waals surface area (Å²) in [6.07, 6.45) is 1.07. The standard InChI is InChI=1S/C16H18N2O4S/c17-8-4-7-12-9-13(16(19)20)10-14(23(18,21)22)15(12)11-5-2-1-3-6-11/h1-3,5-6,9-10H,4,7-8,17H2,(H,19,20)(H2,18,21,22). The van der Waals surface area contributed by atoms with Crippen molar-refractivity contribution in [2.45, 2.75) is 17.7 Å². The first kappa shape index (κ1) is 17.1. The van der Waals surface area contributed by atoms with Gasteiger partial charge in [0, 0.05) is 5.56 Å². The zero-order chi connectivity index (χ0) is 17.0. The van der Waals surface area contributed by atoms with E-state index in [1.165, 1.54) is 6.07 Å². The molecule has 0 aliphatic rings. The van der Waals surface area contributed by atoms with E-state index in [9.17, 15) is 18.3 Å². The maximum Gasteiger partial charge on any atom is 0.335 e. The van der Waals surface area contributed by atoms with Crippen LogP contribution in [0.3, 0.4) is 0 Å². The number of nitrogens with two attached hydrogens (primary N) is 2. The largest absolute Gasteiger partial charge is 0.478 e. The Kier molecular flexibility index (Phi) is 5.15. The van der Waals surface area contributed by atoms with Crippen molar-refractivity contribution >= 4 is 16.0 Å². The maximum absolute atomic E-state index is 12.0. The summed E-state index contributed by atoms with van der Waals surface area (Å²) in [4.78, 5) is 11.1. The molecule has 0 spiro atoms. The Balaban J connectivity index is 2.81. The number of carboxylic acids is 1. The summed E-state index contributed by atoms with van der Waals surface area (Å²) in [5, 5.41) is 14.5. The molecule has 0 saturated heterocycles. The fourth-order valence-corrected chi connectivity index (χ4v) is 3.27. The van der Waals surface area contributed by atoms with E-state index in [4.69, 9.17) is 10.9 Å². The normalized spacial score (nSPS) is 11.4. The Hall–Kier alpha value is -2.22. The van der Waals surface area contributed by atoms with Crippen molar-refractivity contribution in [2.24, 2.45) is 10.9 Å². The summed E-state index contributed by atoms with van der Waals surface area (Å²) in [6, 6.07) is 11.5. The summed E-state index contributed by atoms with van der Waals surface area (Å²) in [6.45, 7) is 0.413. The predicted molar refractivity (Wildman–Crippen MR) is 87.6 cm³/mol. The van der Waals surface area contributed by atoms with Gasteiger partial charge in [0.05, 0.1) is 10.5 Å². The molecule has 0 fully saturated rings. The van der Waals surface area contributed by atoms with Gasteiger partial charge in [0.25, 0.3) is 0 Å². The van der Waals surface area contributed by atoms with Crippen LogP contribution in [0.2, 0.25) is 0 Å². The molecule has 0 heterocycles. The van der Waals surface area contributed by atoms with Crippen LogP contribution in [0, 0.1) is 0 Å². The summed E-state index contributed by atoms with van der Waals surface area (Å²) in [5.41, 5.74) is 7.12. The third-order valence-corrected chi connectivity index (χ3v) is 4.39. The van der Waals surface area contributed by atoms with Crippen molar-refractivity contribution in [1.29, 1.82) is 0 Å². The van der Waals surface area contributed by atoms with Gasteiger partial charge in [0.1, 0.15) is 0 Å². The van der Waals surface area contributed by atoms with Crippen LogP contribution in [0.5, 0.6) is 0 Å². The lowest BCUT2D eigenvalue weighted by molar-refractivity contribution is 0.0696. The Morgan fingerprint density at radius 2 is 1.78 bits per heavy atom. The first-order valence-electron chi connectivity index (χ1n) is 7.03. The summed E-state index contributed by atoms with van der Waals surface area (Å²) < 4.78 is 24.0. The molecule has 6 nitrogen and oxygen atoms in total. The number of sulfonamides is 1. The highest BCUT2D eigenvalue weighted by Crippen LogP contribution is 2.32. The number of primary sulfonamides is 1. The van der Waals surface area contributed by atoms with Gasteiger partial charge in [-0.05, 0) is 42.6 Å². The molecule has 0 unspecified atom stereocenters. The van der Waals surface area contributed by atoms with Crippen molar-refractivity contribution < 1.29 is 18.3 Å². The molecule has 2 rings (SSSR count). The molecular weight excluding hydrogens is 316 g/mol. The Morgan fingerprint density at radius 3 is 2.30 bits per heavy atom. The van der Waals surface area contributed by atoms with Crippen LogP contribution in [0.15, 0.2) is 47.4 Å².